The van der Waals surface area contributed by atoms with Gasteiger partial charge in [-0.25, -0.2) is 5.06 Å². The van der Waals surface area contributed by atoms with Gasteiger partial charge in [-0.2, -0.15) is 0 Å². The molecule has 6 heteroatoms. The lowest BCUT2D eigenvalue weighted by molar-refractivity contribution is -0.0798. The Balaban J connectivity index is 2.09. The number of carbonyl (C=O) groups excluding carboxylic acids is 1. The van der Waals surface area contributed by atoms with E-state index in [9.17, 15) is 4.79 Å². The molecule has 1 fully saturated rings. The van der Waals surface area contributed by atoms with Gasteiger partial charge in [0.1, 0.15) is 12.7 Å². The summed E-state index contributed by atoms with van der Waals surface area (Å²) in [6.45, 7) is 2.03. The molecular weight excluding hydrogens is 188 g/mol. The van der Waals surface area contributed by atoms with Crippen molar-refractivity contribution in [3.05, 3.63) is 17.5 Å². The largest absolute Gasteiger partial charge is 0.389 e. The first-order valence-corrected chi connectivity index (χ1v) is 4.23. The predicted octanol–water partition coefficient (Wildman–Crippen LogP) is -0.269. The summed E-state index contributed by atoms with van der Waals surface area (Å²) in [5, 5.41) is 13.8. The summed E-state index contributed by atoms with van der Waals surface area (Å²) in [4.78, 5) is 16.5. The van der Waals surface area contributed by atoms with Gasteiger partial charge in [-0.15, -0.1) is 0 Å². The lowest BCUT2D eigenvalue weighted by Crippen LogP contribution is -2.28. The molecule has 6 nitrogen and oxygen atoms in total. The zero-order valence-electron chi connectivity index (χ0n) is 7.64. The normalized spacial score (nSPS) is 21.6. The van der Waals surface area contributed by atoms with Crippen LogP contribution in [0.1, 0.15) is 16.2 Å². The number of β-amino-alcohol motifs (C(OH)–C–C–N with tert-alkyl or cyclic N) is 1. The molecule has 0 aliphatic carbocycles. The smallest absolute Gasteiger partial charge is 0.316 e. The van der Waals surface area contributed by atoms with Gasteiger partial charge in [0.25, 0.3) is 0 Å². The molecule has 1 saturated heterocycles. The van der Waals surface area contributed by atoms with Crippen LogP contribution < -0.4 is 0 Å². The minimum atomic E-state index is -0.622. The fraction of sp³-hybridized carbons (Fsp3) is 0.500. The molecule has 2 heterocycles. The van der Waals surface area contributed by atoms with Crippen LogP contribution in [0.25, 0.3) is 0 Å². The van der Waals surface area contributed by atoms with Gasteiger partial charge in [-0.05, 0) is 6.92 Å². The number of aromatic nitrogens is 1. The molecule has 14 heavy (non-hydrogen) atoms. The van der Waals surface area contributed by atoms with Crippen molar-refractivity contribution in [2.45, 2.75) is 13.0 Å². The molecule has 0 spiro atoms. The summed E-state index contributed by atoms with van der Waals surface area (Å²) >= 11 is 0. The fourth-order valence-corrected chi connectivity index (χ4v) is 1.20. The molecule has 2 rings (SSSR count). The van der Waals surface area contributed by atoms with Crippen molar-refractivity contribution in [2.24, 2.45) is 0 Å². The summed E-state index contributed by atoms with van der Waals surface area (Å²) in [5.74, 6) is -0.293. The standard InChI is InChI=1S/C8H10N2O4/c1-5-2-7(14-9-5)8(12)10-3-6(11)4-13-10/h2,6,11H,3-4H2,1H3. The van der Waals surface area contributed by atoms with E-state index in [2.05, 4.69) is 5.16 Å². The molecule has 1 aliphatic rings. The molecule has 1 atom stereocenters. The number of aliphatic hydroxyl groups excluding tert-OH is 1. The van der Waals surface area contributed by atoms with Crippen LogP contribution in [0.15, 0.2) is 10.6 Å². The lowest BCUT2D eigenvalue weighted by Gasteiger charge is -2.10. The van der Waals surface area contributed by atoms with Crippen LogP contribution in [0.5, 0.6) is 0 Å². The maximum absolute atomic E-state index is 11.6. The van der Waals surface area contributed by atoms with E-state index in [1.807, 2.05) is 0 Å². The van der Waals surface area contributed by atoms with Crippen molar-refractivity contribution >= 4 is 5.91 Å². The molecule has 1 unspecified atom stereocenters. The summed E-state index contributed by atoms with van der Waals surface area (Å²) < 4.78 is 4.77. The van der Waals surface area contributed by atoms with Crippen LogP contribution in [0.4, 0.5) is 0 Å². The summed E-state index contributed by atoms with van der Waals surface area (Å²) in [7, 11) is 0. The van der Waals surface area contributed by atoms with Crippen LogP contribution >= 0.6 is 0 Å². The van der Waals surface area contributed by atoms with Gasteiger partial charge in [0.2, 0.25) is 5.76 Å². The molecule has 0 saturated carbocycles. The number of aliphatic hydroxyl groups is 1. The van der Waals surface area contributed by atoms with Crippen molar-refractivity contribution in [3.63, 3.8) is 0 Å². The van der Waals surface area contributed by atoms with E-state index in [1.54, 1.807) is 6.92 Å². The van der Waals surface area contributed by atoms with Gasteiger partial charge in [0.05, 0.1) is 12.2 Å². The van der Waals surface area contributed by atoms with Gasteiger partial charge >= 0.3 is 5.91 Å². The second-order valence-electron chi connectivity index (χ2n) is 3.15. The van der Waals surface area contributed by atoms with Gasteiger partial charge in [-0.1, -0.05) is 5.16 Å². The number of hydrogen-bond acceptors (Lipinski definition) is 5. The summed E-state index contributed by atoms with van der Waals surface area (Å²) in [6.07, 6.45) is -0.622. The molecule has 1 aromatic heterocycles. The minimum Gasteiger partial charge on any atom is -0.389 e. The Labute approximate surface area is 80.0 Å². The highest BCUT2D eigenvalue weighted by Crippen LogP contribution is 2.12. The number of rotatable bonds is 1. The van der Waals surface area contributed by atoms with Crippen LogP contribution in [0.2, 0.25) is 0 Å². The van der Waals surface area contributed by atoms with Crippen molar-refractivity contribution < 1.29 is 19.3 Å². The van der Waals surface area contributed by atoms with Crippen LogP contribution in [0.3, 0.4) is 0 Å². The van der Waals surface area contributed by atoms with Crippen molar-refractivity contribution in [2.75, 3.05) is 13.2 Å². The number of carbonyl (C=O) groups is 1. The van der Waals surface area contributed by atoms with Gasteiger partial charge in [0, 0.05) is 6.07 Å². The molecule has 0 aromatic carbocycles. The third kappa shape index (κ3) is 1.61. The maximum Gasteiger partial charge on any atom is 0.316 e. The summed E-state index contributed by atoms with van der Waals surface area (Å²) in [6, 6.07) is 1.52. The number of hydroxylamine groups is 2. The number of amides is 1. The van der Waals surface area contributed by atoms with Crippen LogP contribution in [-0.4, -0.2) is 40.5 Å². The molecular formula is C8H10N2O4. The van der Waals surface area contributed by atoms with Crippen molar-refractivity contribution in [1.82, 2.24) is 10.2 Å². The molecule has 0 bridgehead atoms. The second kappa shape index (κ2) is 3.39. The Hall–Kier alpha value is -1.40. The van der Waals surface area contributed by atoms with E-state index in [-0.39, 0.29) is 18.9 Å². The molecule has 1 aliphatic heterocycles. The molecule has 1 N–H and O–H groups in total. The Morgan fingerprint density at radius 3 is 3.07 bits per heavy atom. The topological polar surface area (TPSA) is 75.8 Å². The molecule has 76 valence electrons. The van der Waals surface area contributed by atoms with E-state index < -0.39 is 12.0 Å². The minimum absolute atomic E-state index is 0.122. The highest BCUT2D eigenvalue weighted by atomic mass is 16.7. The van der Waals surface area contributed by atoms with E-state index in [0.717, 1.165) is 5.06 Å². The van der Waals surface area contributed by atoms with Crippen LogP contribution in [-0.2, 0) is 4.84 Å². The zero-order valence-corrected chi connectivity index (χ0v) is 7.64. The number of hydrogen-bond donors (Lipinski definition) is 1. The Morgan fingerprint density at radius 1 is 1.79 bits per heavy atom. The van der Waals surface area contributed by atoms with E-state index in [1.165, 1.54) is 6.07 Å². The SMILES string of the molecule is Cc1cc(C(=O)N2CC(O)CO2)on1. The zero-order chi connectivity index (χ0) is 10.1. The second-order valence-corrected chi connectivity index (χ2v) is 3.15. The third-order valence-electron chi connectivity index (χ3n) is 1.86. The monoisotopic (exact) mass is 198 g/mol. The Bertz CT molecular complexity index is 349. The quantitative estimate of drug-likeness (QED) is 0.672. The first-order chi connectivity index (χ1) is 6.66. The third-order valence-corrected chi connectivity index (χ3v) is 1.86. The Morgan fingerprint density at radius 2 is 2.57 bits per heavy atom. The molecule has 1 aromatic rings. The van der Waals surface area contributed by atoms with Crippen molar-refractivity contribution in [3.8, 4) is 0 Å². The van der Waals surface area contributed by atoms with Crippen LogP contribution in [0, 0.1) is 6.92 Å². The predicted molar refractivity (Wildman–Crippen MR) is 44.2 cm³/mol. The molecule has 0 radical (unpaired) electrons. The van der Waals surface area contributed by atoms with E-state index in [0.29, 0.717) is 5.69 Å². The Kier molecular flexibility index (Phi) is 2.22. The number of aryl methyl sites for hydroxylation is 1. The van der Waals surface area contributed by atoms with Gasteiger partial charge in [-0.3, -0.25) is 9.63 Å². The average Bonchev–Trinajstić information content (AvgIpc) is 2.73. The number of nitrogens with zero attached hydrogens (tertiary/aromatic N) is 2. The first-order valence-electron chi connectivity index (χ1n) is 4.23. The van der Waals surface area contributed by atoms with Gasteiger partial charge in [0.15, 0.2) is 0 Å². The highest BCUT2D eigenvalue weighted by molar-refractivity contribution is 5.90. The van der Waals surface area contributed by atoms with E-state index in [4.69, 9.17) is 14.5 Å². The highest BCUT2D eigenvalue weighted by Gasteiger charge is 2.29. The van der Waals surface area contributed by atoms with Gasteiger partial charge < -0.3 is 9.63 Å². The average molecular weight is 198 g/mol. The lowest BCUT2D eigenvalue weighted by atomic mass is 10.3. The maximum atomic E-state index is 11.6. The fourth-order valence-electron chi connectivity index (χ4n) is 1.20. The molecule has 1 amide bonds. The van der Waals surface area contributed by atoms with Crippen molar-refractivity contribution in [1.29, 1.82) is 0 Å². The summed E-state index contributed by atoms with van der Waals surface area (Å²) in [5.41, 5.74) is 0.632. The first kappa shape index (κ1) is 9.17. The van der Waals surface area contributed by atoms with E-state index >= 15 is 0 Å².